The SMILES string of the molecule is CCCCCC/C(S)=C/S. The van der Waals surface area contributed by atoms with E-state index in [1.165, 1.54) is 25.7 Å². The van der Waals surface area contributed by atoms with Gasteiger partial charge in [0.2, 0.25) is 0 Å². The summed E-state index contributed by atoms with van der Waals surface area (Å²) in [5, 5.41) is 1.77. The predicted molar refractivity (Wildman–Crippen MR) is 54.8 cm³/mol. The van der Waals surface area contributed by atoms with E-state index in [2.05, 4.69) is 32.2 Å². The first kappa shape index (κ1) is 10.4. The fourth-order valence-electron chi connectivity index (χ4n) is 0.797. The van der Waals surface area contributed by atoms with Crippen LogP contribution in [0.25, 0.3) is 0 Å². The highest BCUT2D eigenvalue weighted by Gasteiger charge is 1.89. The van der Waals surface area contributed by atoms with Crippen molar-refractivity contribution in [3.63, 3.8) is 0 Å². The van der Waals surface area contributed by atoms with Gasteiger partial charge < -0.3 is 0 Å². The smallest absolute Gasteiger partial charge is 0.0124 e. The summed E-state index contributed by atoms with van der Waals surface area (Å²) in [4.78, 5) is 1.10. The standard InChI is InChI=1S/C8H16S2/c1-2-3-4-5-6-8(10)7-9/h7,9-10H,2-6H2,1H3/b8-7-. The fraction of sp³-hybridized carbons (Fsp3) is 0.750. The third-order valence-corrected chi connectivity index (χ3v) is 2.30. The second-order valence-corrected chi connectivity index (χ2v) is 3.26. The van der Waals surface area contributed by atoms with E-state index in [9.17, 15) is 0 Å². The molecule has 0 aliphatic heterocycles. The van der Waals surface area contributed by atoms with Crippen LogP contribution in [0.4, 0.5) is 0 Å². The van der Waals surface area contributed by atoms with Crippen molar-refractivity contribution in [1.82, 2.24) is 0 Å². The number of hydrogen-bond acceptors (Lipinski definition) is 2. The van der Waals surface area contributed by atoms with Gasteiger partial charge in [-0.15, -0.1) is 12.6 Å². The zero-order chi connectivity index (χ0) is 7.82. The van der Waals surface area contributed by atoms with Crippen molar-refractivity contribution in [3.05, 3.63) is 10.3 Å². The molecule has 0 aromatic rings. The summed E-state index contributed by atoms with van der Waals surface area (Å²) >= 11 is 8.22. The summed E-state index contributed by atoms with van der Waals surface area (Å²) in [5.74, 6) is 0. The highest BCUT2D eigenvalue weighted by atomic mass is 32.1. The number of allylic oxidation sites excluding steroid dienone is 1. The molecule has 0 unspecified atom stereocenters. The molecular weight excluding hydrogens is 160 g/mol. The molecule has 0 amide bonds. The highest BCUT2D eigenvalue weighted by Crippen LogP contribution is 2.13. The third-order valence-electron chi connectivity index (χ3n) is 1.44. The maximum Gasteiger partial charge on any atom is -0.0124 e. The van der Waals surface area contributed by atoms with Crippen LogP contribution in [0.2, 0.25) is 0 Å². The van der Waals surface area contributed by atoms with Crippen LogP contribution in [0.15, 0.2) is 10.3 Å². The number of rotatable bonds is 5. The Bertz CT molecular complexity index is 97.4. The van der Waals surface area contributed by atoms with E-state index < -0.39 is 0 Å². The Morgan fingerprint density at radius 1 is 1.30 bits per heavy atom. The van der Waals surface area contributed by atoms with Crippen LogP contribution in [-0.4, -0.2) is 0 Å². The molecule has 0 bridgehead atoms. The van der Waals surface area contributed by atoms with Crippen LogP contribution in [0.1, 0.15) is 39.0 Å². The van der Waals surface area contributed by atoms with E-state index in [0.717, 1.165) is 11.3 Å². The van der Waals surface area contributed by atoms with E-state index in [1.54, 1.807) is 5.41 Å². The zero-order valence-corrected chi connectivity index (χ0v) is 8.30. The van der Waals surface area contributed by atoms with Gasteiger partial charge in [0.25, 0.3) is 0 Å². The molecule has 0 spiro atoms. The molecule has 0 aromatic carbocycles. The van der Waals surface area contributed by atoms with E-state index in [0.29, 0.717) is 0 Å². The summed E-state index contributed by atoms with van der Waals surface area (Å²) in [6, 6.07) is 0. The van der Waals surface area contributed by atoms with Gasteiger partial charge in [0.05, 0.1) is 0 Å². The minimum Gasteiger partial charge on any atom is -0.151 e. The molecule has 0 aromatic heterocycles. The monoisotopic (exact) mass is 176 g/mol. The molecule has 0 N–H and O–H groups in total. The maximum absolute atomic E-state index is 4.22. The van der Waals surface area contributed by atoms with Crippen molar-refractivity contribution in [2.75, 3.05) is 0 Å². The van der Waals surface area contributed by atoms with Crippen molar-refractivity contribution in [2.24, 2.45) is 0 Å². The molecule has 0 radical (unpaired) electrons. The average Bonchev–Trinajstić information content (AvgIpc) is 1.98. The minimum absolute atomic E-state index is 1.09. The number of thiol groups is 2. The molecule has 0 atom stereocenters. The van der Waals surface area contributed by atoms with Gasteiger partial charge in [0.15, 0.2) is 0 Å². The molecule has 0 saturated carbocycles. The lowest BCUT2D eigenvalue weighted by atomic mass is 10.1. The fourth-order valence-corrected chi connectivity index (χ4v) is 1.08. The summed E-state index contributed by atoms with van der Waals surface area (Å²) in [5.41, 5.74) is 0. The van der Waals surface area contributed by atoms with Crippen molar-refractivity contribution in [2.45, 2.75) is 39.0 Å². The van der Waals surface area contributed by atoms with Gasteiger partial charge in [-0.2, -0.15) is 12.6 Å². The Morgan fingerprint density at radius 2 is 2.00 bits per heavy atom. The summed E-state index contributed by atoms with van der Waals surface area (Å²) in [6.07, 6.45) is 6.30. The molecule has 0 fully saturated rings. The molecule has 0 aliphatic rings. The van der Waals surface area contributed by atoms with Crippen molar-refractivity contribution in [1.29, 1.82) is 0 Å². The minimum atomic E-state index is 1.09. The Hall–Kier alpha value is 0.440. The van der Waals surface area contributed by atoms with Crippen LogP contribution in [-0.2, 0) is 0 Å². The first-order chi connectivity index (χ1) is 4.81. The third kappa shape index (κ3) is 6.56. The lowest BCUT2D eigenvalue weighted by Crippen LogP contribution is -1.76. The van der Waals surface area contributed by atoms with Gasteiger partial charge in [0, 0.05) is 0 Å². The van der Waals surface area contributed by atoms with Crippen LogP contribution in [0.5, 0.6) is 0 Å². The van der Waals surface area contributed by atoms with Gasteiger partial charge >= 0.3 is 0 Å². The Kier molecular flexibility index (Phi) is 7.88. The van der Waals surface area contributed by atoms with Crippen LogP contribution >= 0.6 is 25.3 Å². The molecule has 0 heterocycles. The number of unbranched alkanes of at least 4 members (excludes halogenated alkanes) is 3. The summed E-state index contributed by atoms with van der Waals surface area (Å²) in [6.45, 7) is 2.22. The van der Waals surface area contributed by atoms with Crippen LogP contribution in [0.3, 0.4) is 0 Å². The largest absolute Gasteiger partial charge is 0.151 e. The van der Waals surface area contributed by atoms with Crippen LogP contribution < -0.4 is 0 Å². The second kappa shape index (κ2) is 7.55. The average molecular weight is 176 g/mol. The summed E-state index contributed by atoms with van der Waals surface area (Å²) < 4.78 is 0. The van der Waals surface area contributed by atoms with Gasteiger partial charge in [0.1, 0.15) is 0 Å². The molecule has 60 valence electrons. The second-order valence-electron chi connectivity index (χ2n) is 2.43. The van der Waals surface area contributed by atoms with Gasteiger partial charge in [-0.3, -0.25) is 0 Å². The highest BCUT2D eigenvalue weighted by molar-refractivity contribution is 7.87. The maximum atomic E-state index is 4.22. The van der Waals surface area contributed by atoms with Gasteiger partial charge in [-0.25, -0.2) is 0 Å². The number of hydrogen-bond donors (Lipinski definition) is 2. The first-order valence-electron chi connectivity index (χ1n) is 3.83. The molecule has 0 saturated heterocycles. The molecule has 0 aliphatic carbocycles. The van der Waals surface area contributed by atoms with E-state index in [-0.39, 0.29) is 0 Å². The Labute approximate surface area is 74.9 Å². The van der Waals surface area contributed by atoms with E-state index in [4.69, 9.17) is 0 Å². The molecule has 2 heteroatoms. The first-order valence-corrected chi connectivity index (χ1v) is 4.79. The summed E-state index contributed by atoms with van der Waals surface area (Å²) in [7, 11) is 0. The van der Waals surface area contributed by atoms with Crippen LogP contribution in [0, 0.1) is 0 Å². The van der Waals surface area contributed by atoms with Crippen molar-refractivity contribution in [3.8, 4) is 0 Å². The topological polar surface area (TPSA) is 0 Å². The van der Waals surface area contributed by atoms with Gasteiger partial charge in [-0.05, 0) is 23.2 Å². The normalized spacial score (nSPS) is 12.1. The van der Waals surface area contributed by atoms with Crippen molar-refractivity contribution >= 4 is 25.3 Å². The molecular formula is C8H16S2. The Morgan fingerprint density at radius 3 is 2.50 bits per heavy atom. The van der Waals surface area contributed by atoms with E-state index in [1.807, 2.05) is 0 Å². The lowest BCUT2D eigenvalue weighted by Gasteiger charge is -1.97. The van der Waals surface area contributed by atoms with E-state index >= 15 is 0 Å². The van der Waals surface area contributed by atoms with Gasteiger partial charge in [-0.1, -0.05) is 26.2 Å². The van der Waals surface area contributed by atoms with Crippen molar-refractivity contribution < 1.29 is 0 Å². The lowest BCUT2D eigenvalue weighted by molar-refractivity contribution is 0.672. The molecule has 0 rings (SSSR count). The molecule has 10 heavy (non-hydrogen) atoms. The zero-order valence-electron chi connectivity index (χ0n) is 6.51. The Balaban J connectivity index is 3.04. The predicted octanol–water partition coefficient (Wildman–Crippen LogP) is 3.66. The molecule has 0 nitrogen and oxygen atoms in total. The quantitative estimate of drug-likeness (QED) is 0.463.